The Morgan fingerprint density at radius 2 is 2.18 bits per heavy atom. The Labute approximate surface area is 135 Å². The van der Waals surface area contributed by atoms with Crippen molar-refractivity contribution < 1.29 is 19.5 Å². The fourth-order valence-corrected chi connectivity index (χ4v) is 5.24. The molecule has 3 atom stereocenters. The smallest absolute Gasteiger partial charge is 0.327 e. The van der Waals surface area contributed by atoms with E-state index in [4.69, 9.17) is 0 Å². The van der Waals surface area contributed by atoms with Crippen LogP contribution in [0.4, 0.5) is 0 Å². The van der Waals surface area contributed by atoms with Crippen molar-refractivity contribution in [1.29, 1.82) is 0 Å². The summed E-state index contributed by atoms with van der Waals surface area (Å²) >= 11 is 2.94. The number of amides is 2. The van der Waals surface area contributed by atoms with Crippen LogP contribution in [-0.4, -0.2) is 50.0 Å². The zero-order valence-electron chi connectivity index (χ0n) is 12.1. The Kier molecular flexibility index (Phi) is 3.68. The number of nitrogens with one attached hydrogen (secondary N) is 1. The number of nitrogens with zero attached hydrogens (tertiary/aromatic N) is 1. The summed E-state index contributed by atoms with van der Waals surface area (Å²) in [5, 5.41) is 15.6. The van der Waals surface area contributed by atoms with Crippen molar-refractivity contribution in [2.75, 3.05) is 0 Å². The molecule has 8 heteroatoms. The summed E-state index contributed by atoms with van der Waals surface area (Å²) in [6.07, 6.45) is 0.233. The molecule has 118 valence electrons. The van der Waals surface area contributed by atoms with E-state index in [0.717, 1.165) is 5.56 Å². The number of hydrogen-bond acceptors (Lipinski definition) is 5. The van der Waals surface area contributed by atoms with E-state index in [1.54, 1.807) is 0 Å². The maximum atomic E-state index is 12.2. The summed E-state index contributed by atoms with van der Waals surface area (Å²) < 4.78 is -0.570. The lowest BCUT2D eigenvalue weighted by molar-refractivity contribution is -0.161. The summed E-state index contributed by atoms with van der Waals surface area (Å²) in [6.45, 7) is 3.62. The molecule has 0 bridgehead atoms. The van der Waals surface area contributed by atoms with Crippen molar-refractivity contribution in [2.24, 2.45) is 0 Å². The second kappa shape index (κ2) is 5.27. The fourth-order valence-electron chi connectivity index (χ4n) is 2.95. The van der Waals surface area contributed by atoms with Crippen LogP contribution in [0.15, 0.2) is 16.8 Å². The van der Waals surface area contributed by atoms with Gasteiger partial charge in [0.25, 0.3) is 0 Å². The standard InChI is InChI=1S/C14H16N2O4S2/c1-14(2)10(13(19)20)16-11(18)9(12(16)22-14)15-8(17)5-7-3-4-21-6-7/h3-4,6,9-10,12H,5H2,1-2H3,(H,15,17)(H,19,20)/t9-,10+,12-/m1/s1. The molecular weight excluding hydrogens is 324 g/mol. The van der Waals surface area contributed by atoms with Gasteiger partial charge in [0.2, 0.25) is 11.8 Å². The van der Waals surface area contributed by atoms with E-state index >= 15 is 0 Å². The molecule has 0 saturated carbocycles. The molecule has 2 saturated heterocycles. The van der Waals surface area contributed by atoms with Crippen LogP contribution < -0.4 is 5.32 Å². The number of carbonyl (C=O) groups is 3. The number of fused-ring (bicyclic) bond motifs is 1. The quantitative estimate of drug-likeness (QED) is 0.796. The number of carboxylic acids is 1. The van der Waals surface area contributed by atoms with Crippen LogP contribution in [0.3, 0.4) is 0 Å². The van der Waals surface area contributed by atoms with Gasteiger partial charge in [0, 0.05) is 4.75 Å². The molecule has 0 spiro atoms. The molecule has 22 heavy (non-hydrogen) atoms. The molecule has 2 aliphatic rings. The molecule has 0 aromatic carbocycles. The van der Waals surface area contributed by atoms with Gasteiger partial charge in [0.15, 0.2) is 0 Å². The van der Waals surface area contributed by atoms with Crippen LogP contribution >= 0.6 is 23.1 Å². The van der Waals surface area contributed by atoms with E-state index in [1.807, 2.05) is 30.7 Å². The Bertz CT molecular complexity index is 629. The van der Waals surface area contributed by atoms with Crippen LogP contribution in [0.2, 0.25) is 0 Å². The lowest BCUT2D eigenvalue weighted by Crippen LogP contribution is -2.70. The van der Waals surface area contributed by atoms with Crippen molar-refractivity contribution in [3.05, 3.63) is 22.4 Å². The topological polar surface area (TPSA) is 86.7 Å². The third kappa shape index (κ3) is 2.40. The van der Waals surface area contributed by atoms with Gasteiger partial charge in [-0.05, 0) is 36.2 Å². The molecule has 0 aliphatic carbocycles. The zero-order chi connectivity index (χ0) is 16.1. The van der Waals surface area contributed by atoms with Gasteiger partial charge in [-0.25, -0.2) is 4.79 Å². The molecule has 2 aliphatic heterocycles. The zero-order valence-corrected chi connectivity index (χ0v) is 13.7. The van der Waals surface area contributed by atoms with Crippen LogP contribution in [0.5, 0.6) is 0 Å². The van der Waals surface area contributed by atoms with Crippen molar-refractivity contribution in [3.63, 3.8) is 0 Å². The van der Waals surface area contributed by atoms with Crippen LogP contribution in [0, 0.1) is 0 Å². The minimum atomic E-state index is -1.00. The number of thiophene rings is 1. The summed E-state index contributed by atoms with van der Waals surface area (Å²) in [5.41, 5.74) is 0.911. The second-order valence-corrected chi connectivity index (χ2v) is 8.50. The molecule has 6 nitrogen and oxygen atoms in total. The first kappa shape index (κ1) is 15.4. The normalized spacial score (nSPS) is 28.9. The molecule has 2 fully saturated rings. The molecule has 2 N–H and O–H groups in total. The Morgan fingerprint density at radius 1 is 1.45 bits per heavy atom. The predicted molar refractivity (Wildman–Crippen MR) is 83.7 cm³/mol. The first-order chi connectivity index (χ1) is 10.3. The van der Waals surface area contributed by atoms with Gasteiger partial charge in [-0.2, -0.15) is 11.3 Å². The minimum Gasteiger partial charge on any atom is -0.480 e. The van der Waals surface area contributed by atoms with E-state index in [9.17, 15) is 19.5 Å². The number of hydrogen-bond donors (Lipinski definition) is 2. The van der Waals surface area contributed by atoms with Gasteiger partial charge in [0.05, 0.1) is 6.42 Å². The molecule has 1 aromatic heterocycles. The number of β-lactam (4-membered cyclic amide) rings is 1. The van der Waals surface area contributed by atoms with Crippen molar-refractivity contribution in [2.45, 2.75) is 42.5 Å². The number of carbonyl (C=O) groups excluding carboxylic acids is 2. The highest BCUT2D eigenvalue weighted by molar-refractivity contribution is 8.01. The van der Waals surface area contributed by atoms with Crippen LogP contribution in [0.25, 0.3) is 0 Å². The van der Waals surface area contributed by atoms with Gasteiger partial charge in [0.1, 0.15) is 17.5 Å². The molecule has 3 heterocycles. The summed E-state index contributed by atoms with van der Waals surface area (Å²) in [4.78, 5) is 37.0. The highest BCUT2D eigenvalue weighted by atomic mass is 32.2. The second-order valence-electron chi connectivity index (χ2n) is 5.95. The van der Waals surface area contributed by atoms with E-state index < -0.39 is 22.8 Å². The Hall–Kier alpha value is -1.54. The summed E-state index contributed by atoms with van der Waals surface area (Å²) in [6, 6.07) is 0.396. The lowest BCUT2D eigenvalue weighted by atomic mass is 9.96. The fraction of sp³-hybridized carbons (Fsp3) is 0.500. The largest absolute Gasteiger partial charge is 0.480 e. The van der Waals surface area contributed by atoms with Gasteiger partial charge in [-0.1, -0.05) is 0 Å². The molecule has 3 rings (SSSR count). The number of aliphatic carboxylic acids is 1. The van der Waals surface area contributed by atoms with Crippen molar-refractivity contribution in [3.8, 4) is 0 Å². The van der Waals surface area contributed by atoms with E-state index in [2.05, 4.69) is 5.32 Å². The maximum absolute atomic E-state index is 12.2. The van der Waals surface area contributed by atoms with Gasteiger partial charge < -0.3 is 15.3 Å². The monoisotopic (exact) mass is 340 g/mol. The third-order valence-electron chi connectivity index (χ3n) is 3.94. The Morgan fingerprint density at radius 3 is 2.77 bits per heavy atom. The van der Waals surface area contributed by atoms with Gasteiger partial charge in [-0.3, -0.25) is 9.59 Å². The molecule has 1 aromatic rings. The van der Waals surface area contributed by atoms with Gasteiger partial charge in [-0.15, -0.1) is 11.8 Å². The number of rotatable bonds is 4. The first-order valence-electron chi connectivity index (χ1n) is 6.84. The summed E-state index contributed by atoms with van der Waals surface area (Å²) in [7, 11) is 0. The van der Waals surface area contributed by atoms with E-state index in [-0.39, 0.29) is 23.6 Å². The maximum Gasteiger partial charge on any atom is 0.327 e. The van der Waals surface area contributed by atoms with E-state index in [0.29, 0.717) is 0 Å². The highest BCUT2D eigenvalue weighted by Crippen LogP contribution is 2.50. The van der Waals surface area contributed by atoms with Crippen molar-refractivity contribution in [1.82, 2.24) is 10.2 Å². The molecule has 0 radical (unpaired) electrons. The summed E-state index contributed by atoms with van der Waals surface area (Å²) in [5.74, 6) is -1.53. The van der Waals surface area contributed by atoms with Crippen LogP contribution in [0.1, 0.15) is 19.4 Å². The molecule has 0 unspecified atom stereocenters. The minimum absolute atomic E-state index is 0.214. The van der Waals surface area contributed by atoms with Crippen molar-refractivity contribution >= 4 is 40.9 Å². The SMILES string of the molecule is CC1(C)S[C@@H]2[C@H](NC(=O)Cc3ccsc3)C(=O)N2[C@H]1C(=O)O. The average molecular weight is 340 g/mol. The highest BCUT2D eigenvalue weighted by Gasteiger charge is 2.64. The molecular formula is C14H16N2O4S2. The predicted octanol–water partition coefficient (Wildman–Crippen LogP) is 0.922. The first-order valence-corrected chi connectivity index (χ1v) is 8.67. The number of thioether (sulfide) groups is 1. The van der Waals surface area contributed by atoms with Crippen LogP contribution in [-0.2, 0) is 20.8 Å². The Balaban J connectivity index is 1.67. The lowest BCUT2D eigenvalue weighted by Gasteiger charge is -2.43. The van der Waals surface area contributed by atoms with E-state index in [1.165, 1.54) is 28.0 Å². The molecule has 2 amide bonds. The number of carboxylic acid groups (broad SMARTS) is 1. The average Bonchev–Trinajstić information content (AvgIpc) is 3.00. The third-order valence-corrected chi connectivity index (χ3v) is 6.24. The van der Waals surface area contributed by atoms with Gasteiger partial charge >= 0.3 is 5.97 Å².